The Bertz CT molecular complexity index is 550. The van der Waals surface area contributed by atoms with E-state index in [1.807, 2.05) is 0 Å². The molecule has 18 heavy (non-hydrogen) atoms. The molecule has 0 radical (unpaired) electrons. The Labute approximate surface area is 105 Å². The third-order valence-corrected chi connectivity index (χ3v) is 3.75. The number of hydrogen-bond donors (Lipinski definition) is 1. The summed E-state index contributed by atoms with van der Waals surface area (Å²) >= 11 is 0. The first-order valence-electron chi connectivity index (χ1n) is 5.82. The summed E-state index contributed by atoms with van der Waals surface area (Å²) in [7, 11) is 0. The van der Waals surface area contributed by atoms with Crippen LogP contribution in [0, 0.1) is 5.92 Å². The number of nitrogens with two attached hydrogens (primary N) is 1. The van der Waals surface area contributed by atoms with E-state index in [0.717, 1.165) is 0 Å². The van der Waals surface area contributed by atoms with E-state index in [1.165, 1.54) is 6.92 Å². The predicted octanol–water partition coefficient (Wildman–Crippen LogP) is 1.22. The normalized spacial score (nSPS) is 26.6. The minimum absolute atomic E-state index is 0.160. The lowest BCUT2D eigenvalue weighted by molar-refractivity contribution is -0.125. The van der Waals surface area contributed by atoms with Crippen molar-refractivity contribution in [1.29, 1.82) is 0 Å². The number of fused-ring (bicyclic) bond motifs is 1. The second-order valence-electron chi connectivity index (χ2n) is 4.97. The molecule has 1 amide bonds. The lowest BCUT2D eigenvalue weighted by Gasteiger charge is -2.35. The number of Topliss-reactive ketones (excluding diaryl/α,β-unsaturated/α-hetero) is 2. The molecule has 2 atom stereocenters. The quantitative estimate of drug-likeness (QED) is 0.796. The van der Waals surface area contributed by atoms with Gasteiger partial charge in [-0.15, -0.1) is 0 Å². The smallest absolute Gasteiger partial charge is 0.227 e. The molecule has 1 aromatic carbocycles. The zero-order valence-corrected chi connectivity index (χ0v) is 10.4. The van der Waals surface area contributed by atoms with E-state index in [0.29, 0.717) is 11.1 Å². The van der Waals surface area contributed by atoms with E-state index in [2.05, 4.69) is 0 Å². The molecule has 1 aliphatic carbocycles. The van der Waals surface area contributed by atoms with Gasteiger partial charge in [0.1, 0.15) is 5.78 Å². The molecule has 0 aromatic heterocycles. The highest BCUT2D eigenvalue weighted by atomic mass is 16.2. The molecule has 0 spiro atoms. The summed E-state index contributed by atoms with van der Waals surface area (Å²) in [5, 5.41) is 0. The number of ketones is 2. The summed E-state index contributed by atoms with van der Waals surface area (Å²) in [6.07, 6.45) is 0.160. The minimum Gasteiger partial charge on any atom is -0.369 e. The standard InChI is InChI=1S/C14H15NO3/c1-8(16)10-7-14(2,13(15)18)11-6-4-3-5-9(11)12(10)17/h3-6,10H,7H2,1-2H3,(H2,15,18)/t10?,14-/m1/s1. The Kier molecular flexibility index (Phi) is 2.81. The second kappa shape index (κ2) is 4.05. The lowest BCUT2D eigenvalue weighted by Crippen LogP contribution is -2.47. The van der Waals surface area contributed by atoms with E-state index in [1.54, 1.807) is 31.2 Å². The molecule has 1 aliphatic rings. The van der Waals surface area contributed by atoms with Crippen molar-refractivity contribution in [2.24, 2.45) is 11.7 Å². The van der Waals surface area contributed by atoms with Gasteiger partial charge in [-0.2, -0.15) is 0 Å². The maximum absolute atomic E-state index is 12.2. The highest BCUT2D eigenvalue weighted by Gasteiger charge is 2.46. The average molecular weight is 245 g/mol. The van der Waals surface area contributed by atoms with Gasteiger partial charge in [-0.25, -0.2) is 0 Å². The van der Waals surface area contributed by atoms with Crippen LogP contribution in [0.1, 0.15) is 36.2 Å². The van der Waals surface area contributed by atoms with Crippen molar-refractivity contribution in [3.05, 3.63) is 35.4 Å². The van der Waals surface area contributed by atoms with Crippen LogP contribution in [0.3, 0.4) is 0 Å². The maximum Gasteiger partial charge on any atom is 0.227 e. The van der Waals surface area contributed by atoms with Gasteiger partial charge in [0, 0.05) is 5.56 Å². The number of carbonyl (C=O) groups excluding carboxylic acids is 3. The van der Waals surface area contributed by atoms with Crippen LogP contribution in [0.5, 0.6) is 0 Å². The molecule has 2 N–H and O–H groups in total. The van der Waals surface area contributed by atoms with Crippen molar-refractivity contribution >= 4 is 17.5 Å². The monoisotopic (exact) mass is 245 g/mol. The lowest BCUT2D eigenvalue weighted by atomic mass is 9.65. The molecule has 0 saturated heterocycles. The highest BCUT2D eigenvalue weighted by Crippen LogP contribution is 2.39. The average Bonchev–Trinajstić information content (AvgIpc) is 2.33. The van der Waals surface area contributed by atoms with Crippen molar-refractivity contribution in [3.8, 4) is 0 Å². The number of hydrogen-bond acceptors (Lipinski definition) is 3. The van der Waals surface area contributed by atoms with E-state index < -0.39 is 17.2 Å². The Morgan fingerprint density at radius 2 is 1.94 bits per heavy atom. The van der Waals surface area contributed by atoms with Crippen LogP contribution in [-0.4, -0.2) is 17.5 Å². The molecular formula is C14H15NO3. The Balaban J connectivity index is 2.66. The fraction of sp³-hybridized carbons (Fsp3) is 0.357. The Hall–Kier alpha value is -1.97. The van der Waals surface area contributed by atoms with Gasteiger partial charge in [-0.05, 0) is 25.8 Å². The summed E-state index contributed by atoms with van der Waals surface area (Å²) in [5.74, 6) is -1.70. The van der Waals surface area contributed by atoms with Gasteiger partial charge in [-0.3, -0.25) is 14.4 Å². The zero-order chi connectivity index (χ0) is 13.5. The van der Waals surface area contributed by atoms with Crippen molar-refractivity contribution in [2.45, 2.75) is 25.7 Å². The predicted molar refractivity (Wildman–Crippen MR) is 66.1 cm³/mol. The van der Waals surface area contributed by atoms with Gasteiger partial charge < -0.3 is 5.73 Å². The first-order valence-corrected chi connectivity index (χ1v) is 5.82. The topological polar surface area (TPSA) is 77.2 Å². The SMILES string of the molecule is CC(=O)C1C[C@@](C)(C(N)=O)c2ccccc2C1=O. The first kappa shape index (κ1) is 12.5. The van der Waals surface area contributed by atoms with Crippen molar-refractivity contribution in [2.75, 3.05) is 0 Å². The molecule has 1 aromatic rings. The maximum atomic E-state index is 12.2. The third-order valence-electron chi connectivity index (χ3n) is 3.75. The molecular weight excluding hydrogens is 230 g/mol. The van der Waals surface area contributed by atoms with Crippen molar-refractivity contribution in [3.63, 3.8) is 0 Å². The van der Waals surface area contributed by atoms with Gasteiger partial charge in [-0.1, -0.05) is 24.3 Å². The summed E-state index contributed by atoms with van der Waals surface area (Å²) in [5.41, 5.74) is 5.57. The molecule has 0 saturated carbocycles. The summed E-state index contributed by atoms with van der Waals surface area (Å²) < 4.78 is 0. The molecule has 0 bridgehead atoms. The van der Waals surface area contributed by atoms with Gasteiger partial charge in [0.05, 0.1) is 11.3 Å². The molecule has 1 unspecified atom stereocenters. The summed E-state index contributed by atoms with van der Waals surface area (Å²) in [6, 6.07) is 6.87. The minimum atomic E-state index is -0.958. The fourth-order valence-electron chi connectivity index (χ4n) is 2.54. The second-order valence-corrected chi connectivity index (χ2v) is 4.97. The molecule has 0 heterocycles. The van der Waals surface area contributed by atoms with Gasteiger partial charge in [0.2, 0.25) is 5.91 Å². The zero-order valence-electron chi connectivity index (χ0n) is 10.4. The number of amides is 1. The molecule has 0 fully saturated rings. The largest absolute Gasteiger partial charge is 0.369 e. The van der Waals surface area contributed by atoms with E-state index in [-0.39, 0.29) is 18.0 Å². The van der Waals surface area contributed by atoms with Crippen LogP contribution in [0.2, 0.25) is 0 Å². The number of benzene rings is 1. The Morgan fingerprint density at radius 1 is 1.33 bits per heavy atom. The van der Waals surface area contributed by atoms with E-state index in [4.69, 9.17) is 5.73 Å². The van der Waals surface area contributed by atoms with Crippen molar-refractivity contribution in [1.82, 2.24) is 0 Å². The number of rotatable bonds is 2. The summed E-state index contributed by atoms with van der Waals surface area (Å²) in [4.78, 5) is 35.5. The Morgan fingerprint density at radius 3 is 2.50 bits per heavy atom. The molecule has 94 valence electrons. The summed E-state index contributed by atoms with van der Waals surface area (Å²) in [6.45, 7) is 3.06. The van der Waals surface area contributed by atoms with Crippen LogP contribution >= 0.6 is 0 Å². The number of carbonyl (C=O) groups is 3. The number of primary amides is 1. The van der Waals surface area contributed by atoms with Gasteiger partial charge in [0.25, 0.3) is 0 Å². The molecule has 4 nitrogen and oxygen atoms in total. The van der Waals surface area contributed by atoms with Crippen LogP contribution in [0.25, 0.3) is 0 Å². The van der Waals surface area contributed by atoms with Crippen LogP contribution in [0.15, 0.2) is 24.3 Å². The van der Waals surface area contributed by atoms with Crippen LogP contribution in [-0.2, 0) is 15.0 Å². The molecule has 2 rings (SSSR count). The van der Waals surface area contributed by atoms with Crippen LogP contribution in [0.4, 0.5) is 0 Å². The van der Waals surface area contributed by atoms with Crippen LogP contribution < -0.4 is 5.73 Å². The third kappa shape index (κ3) is 1.65. The van der Waals surface area contributed by atoms with Crippen molar-refractivity contribution < 1.29 is 14.4 Å². The molecule has 4 heteroatoms. The van der Waals surface area contributed by atoms with E-state index in [9.17, 15) is 14.4 Å². The van der Waals surface area contributed by atoms with Gasteiger partial charge >= 0.3 is 0 Å². The van der Waals surface area contributed by atoms with Gasteiger partial charge in [0.15, 0.2) is 5.78 Å². The fourth-order valence-corrected chi connectivity index (χ4v) is 2.54. The molecule has 0 aliphatic heterocycles. The van der Waals surface area contributed by atoms with E-state index >= 15 is 0 Å². The first-order chi connectivity index (χ1) is 8.38. The highest BCUT2D eigenvalue weighted by molar-refractivity contribution is 6.13.